The molecule has 1 aromatic rings. The summed E-state index contributed by atoms with van der Waals surface area (Å²) in [5, 5.41) is 1.97. The second-order valence-corrected chi connectivity index (χ2v) is 3.31. The molecule has 0 radical (unpaired) electrons. The molecule has 50 valence electrons. The maximum Gasteiger partial charge on any atom is 0.0795 e. The third kappa shape index (κ3) is 1.50. The summed E-state index contributed by atoms with van der Waals surface area (Å²) in [6.07, 6.45) is 0. The molecule has 0 aliphatic carbocycles. The van der Waals surface area contributed by atoms with E-state index in [0.717, 1.165) is 5.69 Å². The summed E-state index contributed by atoms with van der Waals surface area (Å²) in [6, 6.07) is 0. The molecule has 0 aromatic carbocycles. The van der Waals surface area contributed by atoms with Crippen molar-refractivity contribution < 1.29 is 0 Å². The van der Waals surface area contributed by atoms with Gasteiger partial charge in [0.1, 0.15) is 0 Å². The predicted molar refractivity (Wildman–Crippen MR) is 39.3 cm³/mol. The smallest absolute Gasteiger partial charge is 0.0795 e. The molecule has 0 fully saturated rings. The Kier molecular flexibility index (Phi) is 1.55. The Balaban J connectivity index is 2.90. The first-order valence-electron chi connectivity index (χ1n) is 2.78. The summed E-state index contributed by atoms with van der Waals surface area (Å²) < 4.78 is 0. The Morgan fingerprint density at radius 1 is 1.67 bits per heavy atom. The fourth-order valence-corrected chi connectivity index (χ4v) is 1.26. The SMILES string of the molecule is CC(C)(N)c1cscn1. The summed E-state index contributed by atoms with van der Waals surface area (Å²) in [5.74, 6) is 0. The number of nitrogens with zero attached hydrogens (tertiary/aromatic N) is 1. The number of thiazole rings is 1. The van der Waals surface area contributed by atoms with E-state index in [1.54, 1.807) is 16.8 Å². The van der Waals surface area contributed by atoms with Crippen LogP contribution in [0.1, 0.15) is 19.5 Å². The number of hydrogen-bond donors (Lipinski definition) is 1. The Bertz CT molecular complexity index is 173. The van der Waals surface area contributed by atoms with Gasteiger partial charge in [-0.2, -0.15) is 0 Å². The molecule has 0 unspecified atom stereocenters. The van der Waals surface area contributed by atoms with Gasteiger partial charge < -0.3 is 5.73 Å². The lowest BCUT2D eigenvalue weighted by atomic mass is 10.0. The highest BCUT2D eigenvalue weighted by Gasteiger charge is 2.14. The van der Waals surface area contributed by atoms with Crippen LogP contribution in [0.3, 0.4) is 0 Å². The molecule has 0 aliphatic rings. The highest BCUT2D eigenvalue weighted by molar-refractivity contribution is 7.07. The maximum atomic E-state index is 5.75. The molecule has 1 rings (SSSR count). The summed E-state index contributed by atoms with van der Waals surface area (Å²) in [4.78, 5) is 4.08. The standard InChI is InChI=1S/C6H10N2S/c1-6(2,7)5-3-9-4-8-5/h3-4H,7H2,1-2H3. The van der Waals surface area contributed by atoms with E-state index in [2.05, 4.69) is 4.98 Å². The first kappa shape index (κ1) is 6.71. The molecule has 0 aliphatic heterocycles. The van der Waals surface area contributed by atoms with Crippen LogP contribution in [0.2, 0.25) is 0 Å². The van der Waals surface area contributed by atoms with Gasteiger partial charge in [-0.15, -0.1) is 11.3 Å². The topological polar surface area (TPSA) is 38.9 Å². The molecular weight excluding hydrogens is 132 g/mol. The summed E-state index contributed by atoms with van der Waals surface area (Å²) >= 11 is 1.58. The van der Waals surface area contributed by atoms with Crippen LogP contribution in [-0.2, 0) is 5.54 Å². The first-order chi connectivity index (χ1) is 4.11. The second-order valence-electron chi connectivity index (χ2n) is 2.60. The quantitative estimate of drug-likeness (QED) is 0.642. The minimum absolute atomic E-state index is 0.278. The van der Waals surface area contributed by atoms with Crippen molar-refractivity contribution in [1.82, 2.24) is 4.98 Å². The molecule has 0 bridgehead atoms. The number of nitrogens with two attached hydrogens (primary N) is 1. The molecular formula is C6H10N2S. The van der Waals surface area contributed by atoms with Gasteiger partial charge in [0.2, 0.25) is 0 Å². The van der Waals surface area contributed by atoms with Crippen LogP contribution < -0.4 is 5.73 Å². The molecule has 0 amide bonds. The zero-order chi connectivity index (χ0) is 6.91. The van der Waals surface area contributed by atoms with Crippen molar-refractivity contribution in [3.05, 3.63) is 16.6 Å². The Labute approximate surface area is 58.7 Å². The summed E-state index contributed by atoms with van der Waals surface area (Å²) in [7, 11) is 0. The number of hydrogen-bond acceptors (Lipinski definition) is 3. The minimum atomic E-state index is -0.278. The van der Waals surface area contributed by atoms with Crippen LogP contribution in [-0.4, -0.2) is 4.98 Å². The lowest BCUT2D eigenvalue weighted by molar-refractivity contribution is 0.539. The van der Waals surface area contributed by atoms with Gasteiger partial charge in [-0.1, -0.05) is 0 Å². The van der Waals surface area contributed by atoms with E-state index in [0.29, 0.717) is 0 Å². The highest BCUT2D eigenvalue weighted by atomic mass is 32.1. The van der Waals surface area contributed by atoms with Crippen LogP contribution >= 0.6 is 11.3 Å². The number of aromatic nitrogens is 1. The number of rotatable bonds is 1. The van der Waals surface area contributed by atoms with Crippen LogP contribution in [0, 0.1) is 0 Å². The molecule has 2 N–H and O–H groups in total. The van der Waals surface area contributed by atoms with Crippen LogP contribution in [0.25, 0.3) is 0 Å². The van der Waals surface area contributed by atoms with Crippen LogP contribution in [0.5, 0.6) is 0 Å². The molecule has 0 atom stereocenters. The van der Waals surface area contributed by atoms with E-state index in [4.69, 9.17) is 5.73 Å². The Hall–Kier alpha value is -0.410. The van der Waals surface area contributed by atoms with Crippen LogP contribution in [0.4, 0.5) is 0 Å². The first-order valence-corrected chi connectivity index (χ1v) is 3.72. The fraction of sp³-hybridized carbons (Fsp3) is 0.500. The van der Waals surface area contributed by atoms with E-state index in [9.17, 15) is 0 Å². The van der Waals surface area contributed by atoms with E-state index < -0.39 is 0 Å². The van der Waals surface area contributed by atoms with Crippen molar-refractivity contribution >= 4 is 11.3 Å². The second kappa shape index (κ2) is 2.08. The van der Waals surface area contributed by atoms with Gasteiger partial charge in [0.15, 0.2) is 0 Å². The molecule has 0 spiro atoms. The largest absolute Gasteiger partial charge is 0.321 e. The van der Waals surface area contributed by atoms with Gasteiger partial charge in [-0.3, -0.25) is 0 Å². The van der Waals surface area contributed by atoms with Crippen molar-refractivity contribution in [2.24, 2.45) is 5.73 Å². The predicted octanol–water partition coefficient (Wildman–Crippen LogP) is 1.34. The minimum Gasteiger partial charge on any atom is -0.321 e. The summed E-state index contributed by atoms with van der Waals surface area (Å²) in [5.41, 5.74) is 8.23. The maximum absolute atomic E-state index is 5.75. The lowest BCUT2D eigenvalue weighted by Crippen LogP contribution is -2.28. The third-order valence-corrected chi connectivity index (χ3v) is 1.68. The van der Waals surface area contributed by atoms with Crippen LogP contribution in [0.15, 0.2) is 10.9 Å². The molecule has 0 saturated carbocycles. The van der Waals surface area contributed by atoms with E-state index in [1.165, 1.54) is 0 Å². The van der Waals surface area contributed by atoms with Crippen molar-refractivity contribution in [2.45, 2.75) is 19.4 Å². The van der Waals surface area contributed by atoms with E-state index in [1.807, 2.05) is 19.2 Å². The monoisotopic (exact) mass is 142 g/mol. The molecule has 1 heterocycles. The highest BCUT2D eigenvalue weighted by Crippen LogP contribution is 2.15. The van der Waals surface area contributed by atoms with Gasteiger partial charge in [0.25, 0.3) is 0 Å². The Morgan fingerprint density at radius 2 is 2.33 bits per heavy atom. The van der Waals surface area contributed by atoms with Gasteiger partial charge in [0, 0.05) is 5.38 Å². The van der Waals surface area contributed by atoms with Gasteiger partial charge >= 0.3 is 0 Å². The van der Waals surface area contributed by atoms with Crippen molar-refractivity contribution in [1.29, 1.82) is 0 Å². The Morgan fingerprint density at radius 3 is 2.56 bits per heavy atom. The van der Waals surface area contributed by atoms with Crippen molar-refractivity contribution in [3.8, 4) is 0 Å². The van der Waals surface area contributed by atoms with E-state index >= 15 is 0 Å². The van der Waals surface area contributed by atoms with Gasteiger partial charge in [-0.25, -0.2) is 4.98 Å². The normalized spacial score (nSPS) is 11.9. The molecule has 3 heteroatoms. The zero-order valence-electron chi connectivity index (χ0n) is 5.59. The average Bonchev–Trinajstić information content (AvgIpc) is 2.08. The fourth-order valence-electron chi connectivity index (χ4n) is 0.531. The van der Waals surface area contributed by atoms with Gasteiger partial charge in [-0.05, 0) is 13.8 Å². The zero-order valence-corrected chi connectivity index (χ0v) is 6.40. The third-order valence-electron chi connectivity index (χ3n) is 1.09. The molecule has 2 nitrogen and oxygen atoms in total. The molecule has 0 saturated heterocycles. The van der Waals surface area contributed by atoms with Crippen molar-refractivity contribution in [2.75, 3.05) is 0 Å². The molecule has 9 heavy (non-hydrogen) atoms. The molecule has 1 aromatic heterocycles. The lowest BCUT2D eigenvalue weighted by Gasteiger charge is -2.14. The van der Waals surface area contributed by atoms with E-state index in [-0.39, 0.29) is 5.54 Å². The van der Waals surface area contributed by atoms with Crippen molar-refractivity contribution in [3.63, 3.8) is 0 Å². The van der Waals surface area contributed by atoms with Gasteiger partial charge in [0.05, 0.1) is 16.7 Å². The average molecular weight is 142 g/mol. The summed E-state index contributed by atoms with van der Waals surface area (Å²) in [6.45, 7) is 3.89.